The summed E-state index contributed by atoms with van der Waals surface area (Å²) in [5.74, 6) is 0.717. The van der Waals surface area contributed by atoms with Gasteiger partial charge in [-0.25, -0.2) is 0 Å². The highest BCUT2D eigenvalue weighted by molar-refractivity contribution is 5.41. The van der Waals surface area contributed by atoms with Gasteiger partial charge in [0.05, 0.1) is 7.11 Å². The van der Waals surface area contributed by atoms with Crippen molar-refractivity contribution in [1.82, 2.24) is 9.80 Å². The van der Waals surface area contributed by atoms with E-state index in [2.05, 4.69) is 9.80 Å². The number of hydrogen-bond donors (Lipinski definition) is 2. The molecule has 24 heavy (non-hydrogen) atoms. The van der Waals surface area contributed by atoms with E-state index in [-0.39, 0.29) is 12.4 Å². The fraction of sp³-hybridized carbons (Fsp3) is 0.684. The van der Waals surface area contributed by atoms with Crippen LogP contribution in [0.2, 0.25) is 0 Å². The Morgan fingerprint density at radius 2 is 2.00 bits per heavy atom. The van der Waals surface area contributed by atoms with Gasteiger partial charge in [0.15, 0.2) is 11.5 Å². The summed E-state index contributed by atoms with van der Waals surface area (Å²) in [5, 5.41) is 19.4. The van der Waals surface area contributed by atoms with Gasteiger partial charge in [0.1, 0.15) is 0 Å². The third kappa shape index (κ3) is 4.02. The van der Waals surface area contributed by atoms with Crippen LogP contribution in [0.5, 0.6) is 11.5 Å². The Hall–Kier alpha value is -1.30. The fourth-order valence-corrected chi connectivity index (χ4v) is 4.29. The number of piperazine rings is 1. The Balaban J connectivity index is 1.62. The first-order valence-electron chi connectivity index (χ1n) is 9.16. The van der Waals surface area contributed by atoms with Crippen LogP contribution in [0.1, 0.15) is 37.7 Å². The maximum absolute atomic E-state index is 9.96. The number of aromatic hydroxyl groups is 1. The maximum atomic E-state index is 9.96. The van der Waals surface area contributed by atoms with Crippen LogP contribution < -0.4 is 4.74 Å². The highest BCUT2D eigenvalue weighted by Crippen LogP contribution is 2.30. The molecule has 0 unspecified atom stereocenters. The molecule has 2 N–H and O–H groups in total. The number of aliphatic hydroxyl groups is 1. The molecule has 1 aromatic carbocycles. The van der Waals surface area contributed by atoms with Crippen molar-refractivity contribution in [2.24, 2.45) is 0 Å². The molecule has 0 aromatic heterocycles. The first-order valence-corrected chi connectivity index (χ1v) is 9.16. The third-order valence-corrected chi connectivity index (χ3v) is 5.52. The number of methoxy groups -OCH3 is 1. The van der Waals surface area contributed by atoms with Crippen molar-refractivity contribution >= 4 is 0 Å². The molecule has 134 valence electrons. The topological polar surface area (TPSA) is 56.2 Å². The highest BCUT2D eigenvalue weighted by Gasteiger charge is 2.32. The van der Waals surface area contributed by atoms with Crippen LogP contribution in [0.4, 0.5) is 0 Å². The van der Waals surface area contributed by atoms with Gasteiger partial charge in [-0.1, -0.05) is 18.9 Å². The molecule has 1 aliphatic carbocycles. The Kier molecular flexibility index (Phi) is 5.98. The Morgan fingerprint density at radius 3 is 2.67 bits per heavy atom. The molecule has 1 saturated carbocycles. The first-order chi connectivity index (χ1) is 11.7. The number of aliphatic hydroxyl groups excluding tert-OH is 1. The number of nitrogens with zero attached hydrogens (tertiary/aromatic N) is 2. The molecule has 2 aliphatic rings. The van der Waals surface area contributed by atoms with Gasteiger partial charge in [-0.2, -0.15) is 0 Å². The second-order valence-corrected chi connectivity index (χ2v) is 7.08. The smallest absolute Gasteiger partial charge is 0.160 e. The molecule has 5 nitrogen and oxygen atoms in total. The van der Waals surface area contributed by atoms with Gasteiger partial charge in [-0.3, -0.25) is 9.80 Å². The SMILES string of the molecule is COc1ccc(CN2CCN(C3CCCC3)[C@H](CCO)C2)cc1O. The van der Waals surface area contributed by atoms with Crippen LogP contribution >= 0.6 is 0 Å². The number of rotatable bonds is 6. The lowest BCUT2D eigenvalue weighted by Gasteiger charge is -2.44. The monoisotopic (exact) mass is 334 g/mol. The molecule has 0 amide bonds. The van der Waals surface area contributed by atoms with Gasteiger partial charge in [-0.05, 0) is 37.0 Å². The second kappa shape index (κ2) is 8.19. The van der Waals surface area contributed by atoms with E-state index in [1.165, 1.54) is 25.7 Å². The lowest BCUT2D eigenvalue weighted by atomic mass is 10.0. The molecule has 1 aromatic rings. The molecule has 1 aliphatic heterocycles. The molecular formula is C19H30N2O3. The van der Waals surface area contributed by atoms with Crippen molar-refractivity contribution in [1.29, 1.82) is 0 Å². The summed E-state index contributed by atoms with van der Waals surface area (Å²) in [5.41, 5.74) is 1.10. The molecule has 0 bridgehead atoms. The van der Waals surface area contributed by atoms with Gasteiger partial charge in [0.2, 0.25) is 0 Å². The van der Waals surface area contributed by atoms with Crippen molar-refractivity contribution in [3.8, 4) is 11.5 Å². The van der Waals surface area contributed by atoms with E-state index >= 15 is 0 Å². The van der Waals surface area contributed by atoms with E-state index in [1.807, 2.05) is 12.1 Å². The zero-order chi connectivity index (χ0) is 16.9. The Labute approximate surface area is 144 Å². The van der Waals surface area contributed by atoms with Crippen LogP contribution in [0, 0.1) is 0 Å². The van der Waals surface area contributed by atoms with Gasteiger partial charge >= 0.3 is 0 Å². The first kappa shape index (κ1) is 17.5. The van der Waals surface area contributed by atoms with E-state index in [1.54, 1.807) is 13.2 Å². The van der Waals surface area contributed by atoms with Crippen molar-refractivity contribution in [3.63, 3.8) is 0 Å². The molecule has 0 spiro atoms. The zero-order valence-corrected chi connectivity index (χ0v) is 14.7. The van der Waals surface area contributed by atoms with Crippen molar-refractivity contribution in [2.45, 2.75) is 50.7 Å². The average molecular weight is 334 g/mol. The highest BCUT2D eigenvalue weighted by atomic mass is 16.5. The summed E-state index contributed by atoms with van der Waals surface area (Å²) in [6.45, 7) is 4.20. The minimum Gasteiger partial charge on any atom is -0.504 e. The molecule has 3 rings (SSSR count). The lowest BCUT2D eigenvalue weighted by Crippen LogP contribution is -2.55. The third-order valence-electron chi connectivity index (χ3n) is 5.52. The van der Waals surface area contributed by atoms with E-state index in [9.17, 15) is 10.2 Å². The van der Waals surface area contributed by atoms with Crippen LogP contribution in [0.15, 0.2) is 18.2 Å². The number of hydrogen-bond acceptors (Lipinski definition) is 5. The molecule has 5 heteroatoms. The minimum absolute atomic E-state index is 0.200. The molecule has 1 heterocycles. The second-order valence-electron chi connectivity index (χ2n) is 7.08. The quantitative estimate of drug-likeness (QED) is 0.835. The van der Waals surface area contributed by atoms with E-state index in [0.29, 0.717) is 17.8 Å². The summed E-state index contributed by atoms with van der Waals surface area (Å²) >= 11 is 0. The van der Waals surface area contributed by atoms with E-state index < -0.39 is 0 Å². The standard InChI is InChI=1S/C19H30N2O3/c1-24-19-7-6-15(12-18(19)23)13-20-9-10-21(16-4-2-3-5-16)17(14-20)8-11-22/h6-7,12,16-17,22-23H,2-5,8-11,13-14H2,1H3/t17-/m1/s1. The molecule has 0 radical (unpaired) electrons. The van der Waals surface area contributed by atoms with Crippen LogP contribution in [-0.2, 0) is 6.54 Å². The summed E-state index contributed by atoms with van der Waals surface area (Å²) in [7, 11) is 1.57. The normalized spacial score (nSPS) is 23.7. The zero-order valence-electron chi connectivity index (χ0n) is 14.7. The molecular weight excluding hydrogens is 304 g/mol. The Morgan fingerprint density at radius 1 is 1.21 bits per heavy atom. The minimum atomic E-state index is 0.200. The molecule has 1 atom stereocenters. The summed E-state index contributed by atoms with van der Waals surface area (Å²) in [4.78, 5) is 5.08. The average Bonchev–Trinajstić information content (AvgIpc) is 3.10. The summed E-state index contributed by atoms with van der Waals surface area (Å²) < 4.78 is 5.11. The number of phenolic OH excluding ortho intramolecular Hbond substituents is 1. The van der Waals surface area contributed by atoms with E-state index in [4.69, 9.17) is 4.74 Å². The van der Waals surface area contributed by atoms with E-state index in [0.717, 1.165) is 38.2 Å². The molecule has 2 fully saturated rings. The largest absolute Gasteiger partial charge is 0.504 e. The van der Waals surface area contributed by atoms with Gasteiger partial charge < -0.3 is 14.9 Å². The van der Waals surface area contributed by atoms with Gasteiger partial charge in [0, 0.05) is 44.9 Å². The predicted molar refractivity (Wildman–Crippen MR) is 94.4 cm³/mol. The van der Waals surface area contributed by atoms with Gasteiger partial charge in [-0.15, -0.1) is 0 Å². The predicted octanol–water partition coefficient (Wildman–Crippen LogP) is 2.21. The summed E-state index contributed by atoms with van der Waals surface area (Å²) in [6.07, 6.45) is 6.17. The Bertz CT molecular complexity index is 531. The lowest BCUT2D eigenvalue weighted by molar-refractivity contribution is 0.0267. The van der Waals surface area contributed by atoms with Crippen molar-refractivity contribution in [2.75, 3.05) is 33.4 Å². The van der Waals surface area contributed by atoms with Crippen molar-refractivity contribution in [3.05, 3.63) is 23.8 Å². The van der Waals surface area contributed by atoms with Crippen LogP contribution in [-0.4, -0.2) is 65.4 Å². The number of benzene rings is 1. The number of ether oxygens (including phenoxy) is 1. The van der Waals surface area contributed by atoms with Gasteiger partial charge in [0.25, 0.3) is 0 Å². The van der Waals surface area contributed by atoms with Crippen molar-refractivity contribution < 1.29 is 14.9 Å². The maximum Gasteiger partial charge on any atom is 0.160 e. The number of phenols is 1. The molecule has 1 saturated heterocycles. The van der Waals surface area contributed by atoms with Crippen LogP contribution in [0.25, 0.3) is 0 Å². The fourth-order valence-electron chi connectivity index (χ4n) is 4.29. The summed E-state index contributed by atoms with van der Waals surface area (Å²) in [6, 6.07) is 6.80. The van der Waals surface area contributed by atoms with Crippen LogP contribution in [0.3, 0.4) is 0 Å².